The van der Waals surface area contributed by atoms with Gasteiger partial charge in [-0.25, -0.2) is 4.39 Å². The Morgan fingerprint density at radius 3 is 2.80 bits per heavy atom. The maximum Gasteiger partial charge on any atom is 0.295 e. The summed E-state index contributed by atoms with van der Waals surface area (Å²) in [6, 6.07) is 8.38. The van der Waals surface area contributed by atoms with Crippen LogP contribution in [-0.4, -0.2) is 10.0 Å². The summed E-state index contributed by atoms with van der Waals surface area (Å²) in [5.74, 6) is -0.614. The number of hydrogen-bond donors (Lipinski definition) is 2. The van der Waals surface area contributed by atoms with Crippen LogP contribution in [0.3, 0.4) is 0 Å². The lowest BCUT2D eigenvalue weighted by Gasteiger charge is -2.09. The quantitative estimate of drug-likeness (QED) is 0.655. The maximum absolute atomic E-state index is 13.0. The summed E-state index contributed by atoms with van der Waals surface area (Å²) in [6.07, 6.45) is 0. The molecule has 0 amide bonds. The second kappa shape index (κ2) is 5.87. The van der Waals surface area contributed by atoms with E-state index in [9.17, 15) is 19.6 Å². The van der Waals surface area contributed by atoms with Crippen molar-refractivity contribution in [3.05, 3.63) is 62.4 Å². The Kier molecular flexibility index (Phi) is 4.19. The fourth-order valence-electron chi connectivity index (χ4n) is 1.70. The molecule has 0 spiro atoms. The minimum atomic E-state index is -0.674. The highest BCUT2D eigenvalue weighted by atomic mass is 79.9. The first kappa shape index (κ1) is 14.3. The second-order valence-corrected chi connectivity index (χ2v) is 4.87. The van der Waals surface area contributed by atoms with Gasteiger partial charge in [0.1, 0.15) is 17.3 Å². The van der Waals surface area contributed by atoms with E-state index in [0.717, 1.165) is 12.1 Å². The topological polar surface area (TPSA) is 75.4 Å². The summed E-state index contributed by atoms with van der Waals surface area (Å²) in [4.78, 5) is 10.2. The van der Waals surface area contributed by atoms with Crippen LogP contribution in [0.1, 0.15) is 5.56 Å². The Bertz CT molecular complexity index is 664. The third-order valence-electron chi connectivity index (χ3n) is 2.70. The minimum Gasteiger partial charge on any atom is -0.506 e. The van der Waals surface area contributed by atoms with Gasteiger partial charge in [-0.3, -0.25) is 10.1 Å². The molecule has 5 nitrogen and oxygen atoms in total. The van der Waals surface area contributed by atoms with E-state index < -0.39 is 10.7 Å². The molecule has 0 aliphatic heterocycles. The summed E-state index contributed by atoms with van der Waals surface area (Å²) in [5.41, 5.74) is 0.410. The Morgan fingerprint density at radius 2 is 2.10 bits per heavy atom. The standard InChI is InChI=1S/C13H10BrFN2O3/c14-10-3-1-2-8(13(10)18)7-16-11-5-4-9(15)6-12(11)17(19)20/h1-6,16,18H,7H2. The highest BCUT2D eigenvalue weighted by molar-refractivity contribution is 9.10. The van der Waals surface area contributed by atoms with E-state index in [2.05, 4.69) is 21.2 Å². The van der Waals surface area contributed by atoms with Crippen molar-refractivity contribution in [1.82, 2.24) is 0 Å². The van der Waals surface area contributed by atoms with E-state index >= 15 is 0 Å². The van der Waals surface area contributed by atoms with Crippen molar-refractivity contribution in [2.45, 2.75) is 6.54 Å². The van der Waals surface area contributed by atoms with E-state index in [4.69, 9.17) is 0 Å². The number of benzene rings is 2. The average Bonchev–Trinajstić information content (AvgIpc) is 2.41. The molecule has 2 N–H and O–H groups in total. The number of phenolic OH excluding ortho intramolecular Hbond substituents is 1. The normalized spacial score (nSPS) is 10.3. The summed E-state index contributed by atoms with van der Waals surface area (Å²) in [5, 5.41) is 23.5. The minimum absolute atomic E-state index is 0.0600. The molecule has 2 aromatic rings. The molecule has 0 saturated heterocycles. The van der Waals surface area contributed by atoms with Crippen LogP contribution < -0.4 is 5.32 Å². The second-order valence-electron chi connectivity index (χ2n) is 4.02. The molecular weight excluding hydrogens is 331 g/mol. The molecule has 0 atom stereocenters. The molecule has 0 fully saturated rings. The Balaban J connectivity index is 2.23. The fourth-order valence-corrected chi connectivity index (χ4v) is 2.11. The molecule has 0 unspecified atom stereocenters. The lowest BCUT2D eigenvalue weighted by atomic mass is 10.2. The van der Waals surface area contributed by atoms with Gasteiger partial charge < -0.3 is 10.4 Å². The third kappa shape index (κ3) is 3.05. The van der Waals surface area contributed by atoms with Crippen molar-refractivity contribution in [3.63, 3.8) is 0 Å². The van der Waals surface area contributed by atoms with Crippen LogP contribution in [0.25, 0.3) is 0 Å². The van der Waals surface area contributed by atoms with Crippen LogP contribution in [0.4, 0.5) is 15.8 Å². The first-order valence-electron chi connectivity index (χ1n) is 5.63. The molecule has 0 aromatic heterocycles. The number of aromatic hydroxyl groups is 1. The Hall–Kier alpha value is -2.15. The predicted molar refractivity (Wildman–Crippen MR) is 76.2 cm³/mol. The lowest BCUT2D eigenvalue weighted by molar-refractivity contribution is -0.384. The summed E-state index contributed by atoms with van der Waals surface area (Å²) < 4.78 is 13.5. The largest absolute Gasteiger partial charge is 0.506 e. The van der Waals surface area contributed by atoms with Crippen LogP contribution in [0.2, 0.25) is 0 Å². The van der Waals surface area contributed by atoms with Crippen LogP contribution in [0.5, 0.6) is 5.75 Å². The Morgan fingerprint density at radius 1 is 1.35 bits per heavy atom. The molecule has 104 valence electrons. The van der Waals surface area contributed by atoms with Crippen LogP contribution in [0, 0.1) is 15.9 Å². The maximum atomic E-state index is 13.0. The zero-order chi connectivity index (χ0) is 14.7. The first-order valence-corrected chi connectivity index (χ1v) is 6.42. The average molecular weight is 341 g/mol. The van der Waals surface area contributed by atoms with Crippen LogP contribution in [0.15, 0.2) is 40.9 Å². The van der Waals surface area contributed by atoms with Crippen molar-refractivity contribution in [1.29, 1.82) is 0 Å². The molecule has 0 radical (unpaired) electrons. The number of rotatable bonds is 4. The molecule has 7 heteroatoms. The molecule has 0 aliphatic carbocycles. The Labute approximate surface area is 122 Å². The first-order chi connectivity index (χ1) is 9.49. The number of phenols is 1. The van der Waals surface area contributed by atoms with Crippen molar-refractivity contribution < 1.29 is 14.4 Å². The number of halogens is 2. The third-order valence-corrected chi connectivity index (χ3v) is 3.34. The molecule has 0 bridgehead atoms. The van der Waals surface area contributed by atoms with Gasteiger partial charge in [0.2, 0.25) is 0 Å². The fraction of sp³-hybridized carbons (Fsp3) is 0.0769. The number of para-hydroxylation sites is 1. The molecule has 0 saturated carbocycles. The molecule has 2 aromatic carbocycles. The smallest absolute Gasteiger partial charge is 0.295 e. The monoisotopic (exact) mass is 340 g/mol. The van der Waals surface area contributed by atoms with E-state index in [1.807, 2.05) is 0 Å². The van der Waals surface area contributed by atoms with Gasteiger partial charge in [-0.2, -0.15) is 0 Å². The predicted octanol–water partition coefficient (Wildman–Crippen LogP) is 3.81. The lowest BCUT2D eigenvalue weighted by Crippen LogP contribution is -2.03. The molecule has 20 heavy (non-hydrogen) atoms. The SMILES string of the molecule is O=[N+]([O-])c1cc(F)ccc1NCc1cccc(Br)c1O. The number of nitrogens with zero attached hydrogens (tertiary/aromatic N) is 1. The van der Waals surface area contributed by atoms with Gasteiger partial charge in [0.15, 0.2) is 0 Å². The van der Waals surface area contributed by atoms with Crippen LogP contribution in [-0.2, 0) is 6.54 Å². The van der Waals surface area contributed by atoms with Gasteiger partial charge in [0.25, 0.3) is 5.69 Å². The van der Waals surface area contributed by atoms with E-state index in [1.165, 1.54) is 6.07 Å². The zero-order valence-corrected chi connectivity index (χ0v) is 11.7. The highest BCUT2D eigenvalue weighted by Gasteiger charge is 2.15. The molecule has 0 heterocycles. The van der Waals surface area contributed by atoms with Crippen molar-refractivity contribution >= 4 is 27.3 Å². The van der Waals surface area contributed by atoms with E-state index in [0.29, 0.717) is 10.0 Å². The number of anilines is 1. The molecular formula is C13H10BrFN2O3. The number of hydrogen-bond acceptors (Lipinski definition) is 4. The van der Waals surface area contributed by atoms with Crippen molar-refractivity contribution in [2.24, 2.45) is 0 Å². The molecule has 2 rings (SSSR count). The highest BCUT2D eigenvalue weighted by Crippen LogP contribution is 2.30. The number of nitro benzene ring substituents is 1. The van der Waals surface area contributed by atoms with Crippen molar-refractivity contribution in [2.75, 3.05) is 5.32 Å². The van der Waals surface area contributed by atoms with E-state index in [1.54, 1.807) is 18.2 Å². The van der Waals surface area contributed by atoms with E-state index in [-0.39, 0.29) is 23.7 Å². The molecule has 0 aliphatic rings. The summed E-state index contributed by atoms with van der Waals surface area (Å²) in [6.45, 7) is 0.178. The van der Waals surface area contributed by atoms with Gasteiger partial charge in [-0.1, -0.05) is 12.1 Å². The van der Waals surface area contributed by atoms with Gasteiger partial charge in [0, 0.05) is 12.1 Å². The van der Waals surface area contributed by atoms with Gasteiger partial charge >= 0.3 is 0 Å². The van der Waals surface area contributed by atoms with Gasteiger partial charge in [-0.05, 0) is 34.1 Å². The summed E-state index contributed by atoms with van der Waals surface area (Å²) in [7, 11) is 0. The summed E-state index contributed by atoms with van der Waals surface area (Å²) >= 11 is 3.18. The van der Waals surface area contributed by atoms with Gasteiger partial charge in [0.05, 0.1) is 15.5 Å². The van der Waals surface area contributed by atoms with Crippen molar-refractivity contribution in [3.8, 4) is 5.75 Å². The zero-order valence-electron chi connectivity index (χ0n) is 10.1. The number of nitro groups is 1. The van der Waals surface area contributed by atoms with Crippen LogP contribution >= 0.6 is 15.9 Å². The number of nitrogens with one attached hydrogen (secondary N) is 1. The van der Waals surface area contributed by atoms with Gasteiger partial charge in [-0.15, -0.1) is 0 Å².